The lowest BCUT2D eigenvalue weighted by atomic mass is 10.1. The topological polar surface area (TPSA) is 78.4 Å². The standard InChI is InChI=1S/C13H18N2O3/c1-4-14-12(17)9(3)15-13(18)10-6-5-8(2)7-11(10)16/h5-7,9,16H,4H2,1-3H3,(H,14,17)(H,15,18). The van der Waals surface area contributed by atoms with Gasteiger partial charge in [0, 0.05) is 6.54 Å². The van der Waals surface area contributed by atoms with Crippen LogP contribution in [0.1, 0.15) is 29.8 Å². The fraction of sp³-hybridized carbons (Fsp3) is 0.385. The van der Waals surface area contributed by atoms with Crippen LogP contribution in [0.3, 0.4) is 0 Å². The highest BCUT2D eigenvalue weighted by molar-refractivity contribution is 5.99. The van der Waals surface area contributed by atoms with Crippen LogP contribution in [-0.4, -0.2) is 29.5 Å². The highest BCUT2D eigenvalue weighted by Gasteiger charge is 2.17. The molecule has 3 N–H and O–H groups in total. The van der Waals surface area contributed by atoms with Crippen LogP contribution < -0.4 is 10.6 Å². The molecule has 1 aromatic carbocycles. The predicted molar refractivity (Wildman–Crippen MR) is 68.5 cm³/mol. The average Bonchev–Trinajstić information content (AvgIpc) is 2.28. The van der Waals surface area contributed by atoms with Crippen LogP contribution in [0.5, 0.6) is 5.75 Å². The van der Waals surface area contributed by atoms with E-state index in [0.29, 0.717) is 6.54 Å². The lowest BCUT2D eigenvalue weighted by Gasteiger charge is -2.14. The van der Waals surface area contributed by atoms with Crippen molar-refractivity contribution in [2.45, 2.75) is 26.8 Å². The van der Waals surface area contributed by atoms with E-state index in [9.17, 15) is 14.7 Å². The first kappa shape index (κ1) is 14.0. The number of aryl methyl sites for hydroxylation is 1. The predicted octanol–water partition coefficient (Wildman–Crippen LogP) is 0.955. The summed E-state index contributed by atoms with van der Waals surface area (Å²) in [6.07, 6.45) is 0. The Morgan fingerprint density at radius 1 is 1.39 bits per heavy atom. The number of phenolic OH excluding ortho intramolecular Hbond substituents is 1. The molecular formula is C13H18N2O3. The first-order valence-corrected chi connectivity index (χ1v) is 5.84. The maximum absolute atomic E-state index is 11.8. The summed E-state index contributed by atoms with van der Waals surface area (Å²) >= 11 is 0. The summed E-state index contributed by atoms with van der Waals surface area (Å²) in [5.41, 5.74) is 1.03. The van der Waals surface area contributed by atoms with Gasteiger partial charge in [0.1, 0.15) is 11.8 Å². The van der Waals surface area contributed by atoms with Crippen LogP contribution in [-0.2, 0) is 4.79 Å². The van der Waals surface area contributed by atoms with Crippen molar-refractivity contribution in [1.29, 1.82) is 0 Å². The molecule has 18 heavy (non-hydrogen) atoms. The molecule has 1 atom stereocenters. The van der Waals surface area contributed by atoms with Gasteiger partial charge in [0.25, 0.3) is 5.91 Å². The average molecular weight is 250 g/mol. The molecule has 0 aromatic heterocycles. The zero-order chi connectivity index (χ0) is 13.7. The highest BCUT2D eigenvalue weighted by Crippen LogP contribution is 2.18. The van der Waals surface area contributed by atoms with Crippen molar-refractivity contribution in [1.82, 2.24) is 10.6 Å². The molecule has 5 heteroatoms. The quantitative estimate of drug-likeness (QED) is 0.744. The number of aromatic hydroxyl groups is 1. The second-order valence-electron chi connectivity index (χ2n) is 4.11. The number of hydrogen-bond acceptors (Lipinski definition) is 3. The number of phenols is 1. The molecule has 1 unspecified atom stereocenters. The molecular weight excluding hydrogens is 232 g/mol. The fourth-order valence-electron chi connectivity index (χ4n) is 1.50. The summed E-state index contributed by atoms with van der Waals surface area (Å²) in [6, 6.07) is 4.12. The van der Waals surface area contributed by atoms with Crippen LogP contribution in [0, 0.1) is 6.92 Å². The van der Waals surface area contributed by atoms with E-state index in [1.165, 1.54) is 12.1 Å². The molecule has 5 nitrogen and oxygen atoms in total. The van der Waals surface area contributed by atoms with Gasteiger partial charge in [-0.2, -0.15) is 0 Å². The molecule has 0 heterocycles. The second kappa shape index (κ2) is 6.05. The van der Waals surface area contributed by atoms with Gasteiger partial charge in [-0.05, 0) is 38.5 Å². The molecule has 98 valence electrons. The molecule has 0 fully saturated rings. The summed E-state index contributed by atoms with van der Waals surface area (Å²) in [5.74, 6) is -0.806. The molecule has 0 aliphatic rings. The minimum Gasteiger partial charge on any atom is -0.507 e. The monoisotopic (exact) mass is 250 g/mol. The van der Waals surface area contributed by atoms with Crippen molar-refractivity contribution in [2.75, 3.05) is 6.54 Å². The van der Waals surface area contributed by atoms with Crippen molar-refractivity contribution >= 4 is 11.8 Å². The zero-order valence-corrected chi connectivity index (χ0v) is 10.8. The van der Waals surface area contributed by atoms with Crippen LogP contribution in [0.2, 0.25) is 0 Å². The zero-order valence-electron chi connectivity index (χ0n) is 10.8. The van der Waals surface area contributed by atoms with E-state index in [1.54, 1.807) is 19.9 Å². The lowest BCUT2D eigenvalue weighted by Crippen LogP contribution is -2.44. The van der Waals surface area contributed by atoms with Crippen LogP contribution >= 0.6 is 0 Å². The Bertz CT molecular complexity index is 458. The van der Waals surface area contributed by atoms with Crippen LogP contribution in [0.25, 0.3) is 0 Å². The number of rotatable bonds is 4. The normalized spacial score (nSPS) is 11.7. The Labute approximate surface area is 106 Å². The molecule has 2 amide bonds. The number of carbonyl (C=O) groups excluding carboxylic acids is 2. The summed E-state index contributed by atoms with van der Waals surface area (Å²) in [6.45, 7) is 5.72. The van der Waals surface area contributed by atoms with Crippen molar-refractivity contribution < 1.29 is 14.7 Å². The summed E-state index contributed by atoms with van der Waals surface area (Å²) in [7, 11) is 0. The Kier molecular flexibility index (Phi) is 4.71. The van der Waals surface area contributed by atoms with Gasteiger partial charge < -0.3 is 15.7 Å². The lowest BCUT2D eigenvalue weighted by molar-refractivity contribution is -0.122. The van der Waals surface area contributed by atoms with Gasteiger partial charge in [0.05, 0.1) is 5.56 Å². The molecule has 0 saturated carbocycles. The third-order valence-corrected chi connectivity index (χ3v) is 2.49. The van der Waals surface area contributed by atoms with Gasteiger partial charge in [0.2, 0.25) is 5.91 Å². The Balaban J connectivity index is 2.73. The van der Waals surface area contributed by atoms with Gasteiger partial charge in [-0.1, -0.05) is 6.07 Å². The highest BCUT2D eigenvalue weighted by atomic mass is 16.3. The van der Waals surface area contributed by atoms with Gasteiger partial charge in [-0.15, -0.1) is 0 Å². The van der Waals surface area contributed by atoms with E-state index in [0.717, 1.165) is 5.56 Å². The van der Waals surface area contributed by atoms with Crippen molar-refractivity contribution in [3.05, 3.63) is 29.3 Å². The van der Waals surface area contributed by atoms with Crippen LogP contribution in [0.15, 0.2) is 18.2 Å². The van der Waals surface area contributed by atoms with E-state index in [4.69, 9.17) is 0 Å². The number of likely N-dealkylation sites (N-methyl/N-ethyl adjacent to an activating group) is 1. The van der Waals surface area contributed by atoms with Crippen LogP contribution in [0.4, 0.5) is 0 Å². The van der Waals surface area contributed by atoms with Crippen molar-refractivity contribution in [3.63, 3.8) is 0 Å². The first-order valence-electron chi connectivity index (χ1n) is 5.84. The van der Waals surface area contributed by atoms with E-state index >= 15 is 0 Å². The number of amides is 2. The Morgan fingerprint density at radius 2 is 2.06 bits per heavy atom. The Morgan fingerprint density at radius 3 is 2.61 bits per heavy atom. The molecule has 1 aromatic rings. The maximum Gasteiger partial charge on any atom is 0.255 e. The number of hydrogen-bond donors (Lipinski definition) is 3. The smallest absolute Gasteiger partial charge is 0.255 e. The third-order valence-electron chi connectivity index (χ3n) is 2.49. The summed E-state index contributed by atoms with van der Waals surface area (Å²) < 4.78 is 0. The van der Waals surface area contributed by atoms with E-state index < -0.39 is 11.9 Å². The number of carbonyl (C=O) groups is 2. The minimum absolute atomic E-state index is 0.0874. The first-order chi connectivity index (χ1) is 8.45. The van der Waals surface area contributed by atoms with Gasteiger partial charge in [0.15, 0.2) is 0 Å². The molecule has 0 spiro atoms. The number of benzene rings is 1. The van der Waals surface area contributed by atoms with Gasteiger partial charge >= 0.3 is 0 Å². The van der Waals surface area contributed by atoms with Gasteiger partial charge in [-0.25, -0.2) is 0 Å². The third kappa shape index (κ3) is 3.48. The SMILES string of the molecule is CCNC(=O)C(C)NC(=O)c1ccc(C)cc1O. The molecule has 0 aliphatic heterocycles. The fourth-order valence-corrected chi connectivity index (χ4v) is 1.50. The van der Waals surface area contributed by atoms with Crippen molar-refractivity contribution in [3.8, 4) is 5.75 Å². The van der Waals surface area contributed by atoms with Gasteiger partial charge in [-0.3, -0.25) is 9.59 Å². The number of nitrogens with one attached hydrogen (secondary N) is 2. The summed E-state index contributed by atoms with van der Waals surface area (Å²) in [5, 5.41) is 14.8. The van der Waals surface area contributed by atoms with E-state index in [-0.39, 0.29) is 17.2 Å². The largest absolute Gasteiger partial charge is 0.507 e. The maximum atomic E-state index is 11.8. The second-order valence-corrected chi connectivity index (χ2v) is 4.11. The minimum atomic E-state index is -0.641. The van der Waals surface area contributed by atoms with Crippen molar-refractivity contribution in [2.24, 2.45) is 0 Å². The summed E-state index contributed by atoms with van der Waals surface area (Å²) in [4.78, 5) is 23.3. The molecule has 0 radical (unpaired) electrons. The molecule has 1 rings (SSSR count). The van der Waals surface area contributed by atoms with E-state index in [2.05, 4.69) is 10.6 Å². The molecule has 0 aliphatic carbocycles. The molecule has 0 saturated heterocycles. The van der Waals surface area contributed by atoms with E-state index in [1.807, 2.05) is 6.92 Å². The Hall–Kier alpha value is -2.04. The molecule has 0 bridgehead atoms.